The van der Waals surface area contributed by atoms with Gasteiger partial charge >= 0.3 is 5.69 Å². The summed E-state index contributed by atoms with van der Waals surface area (Å²) >= 11 is 0. The topological polar surface area (TPSA) is 118 Å². The van der Waals surface area contributed by atoms with Gasteiger partial charge in [0.05, 0.1) is 41.5 Å². The second kappa shape index (κ2) is 7.97. The van der Waals surface area contributed by atoms with Crippen molar-refractivity contribution >= 4 is 34.3 Å². The van der Waals surface area contributed by atoms with Gasteiger partial charge in [0.25, 0.3) is 0 Å². The predicted octanol–water partition coefficient (Wildman–Crippen LogP) is 4.11. The van der Waals surface area contributed by atoms with Gasteiger partial charge in [-0.05, 0) is 18.9 Å². The fraction of sp³-hybridized carbons (Fsp3) is 0.190. The lowest BCUT2D eigenvalue weighted by atomic mass is 9.96. The molecule has 0 aliphatic carbocycles. The number of methoxy groups -OCH3 is 1. The molecule has 5 rings (SSSR count). The number of ether oxygens (including phenoxy) is 1. The van der Waals surface area contributed by atoms with E-state index in [1.807, 2.05) is 11.1 Å². The summed E-state index contributed by atoms with van der Waals surface area (Å²) in [5.41, 5.74) is 5.93. The van der Waals surface area contributed by atoms with Gasteiger partial charge in [0.1, 0.15) is 11.4 Å². The Labute approximate surface area is 186 Å². The van der Waals surface area contributed by atoms with Gasteiger partial charge in [-0.15, -0.1) is 0 Å². The van der Waals surface area contributed by atoms with E-state index < -0.39 is 22.2 Å². The minimum absolute atomic E-state index is 0.0138. The molecule has 12 heteroatoms. The molecule has 10 nitrogen and oxygen atoms in total. The first-order valence-corrected chi connectivity index (χ1v) is 10.00. The van der Waals surface area contributed by atoms with Crippen molar-refractivity contribution in [2.45, 2.75) is 12.8 Å². The van der Waals surface area contributed by atoms with E-state index in [0.717, 1.165) is 48.2 Å². The third kappa shape index (κ3) is 3.54. The molecular weight excluding hydrogens is 436 g/mol. The van der Waals surface area contributed by atoms with Crippen LogP contribution in [-0.2, 0) is 0 Å². The number of nitro groups is 1. The first kappa shape index (κ1) is 20.5. The predicted molar refractivity (Wildman–Crippen MR) is 115 cm³/mol. The van der Waals surface area contributed by atoms with Gasteiger partial charge in [0, 0.05) is 36.0 Å². The van der Waals surface area contributed by atoms with Crippen LogP contribution in [0.2, 0.25) is 0 Å². The van der Waals surface area contributed by atoms with Crippen LogP contribution in [0.5, 0.6) is 5.75 Å². The number of allylic oxidation sites excluding steroid dienone is 1. The van der Waals surface area contributed by atoms with Gasteiger partial charge in [-0.3, -0.25) is 25.5 Å². The Hall–Kier alpha value is -4.35. The summed E-state index contributed by atoms with van der Waals surface area (Å²) in [6.45, 7) is 0.738. The lowest BCUT2D eigenvalue weighted by Gasteiger charge is -2.28. The van der Waals surface area contributed by atoms with Gasteiger partial charge in [0.15, 0.2) is 5.82 Å². The number of pyridine rings is 1. The average molecular weight is 453 g/mol. The number of anilines is 3. The highest BCUT2D eigenvalue weighted by Gasteiger charge is 2.32. The quantitative estimate of drug-likeness (QED) is 0.434. The number of aromatic nitrogens is 3. The number of hydrogen-bond acceptors (Lipinski definition) is 9. The van der Waals surface area contributed by atoms with Crippen LogP contribution in [0.3, 0.4) is 0 Å². The molecule has 3 aromatic rings. The van der Waals surface area contributed by atoms with Crippen molar-refractivity contribution in [1.82, 2.24) is 20.0 Å². The molecule has 2 N–H and O–H groups in total. The molecular formula is C21H17F2N7O3. The third-order valence-electron chi connectivity index (χ3n) is 5.44. The molecule has 0 unspecified atom stereocenters. The number of fused-ring (bicyclic) bond motifs is 3. The largest absolute Gasteiger partial charge is 0.494 e. The summed E-state index contributed by atoms with van der Waals surface area (Å²) in [6, 6.07) is 3.72. The van der Waals surface area contributed by atoms with Crippen LogP contribution in [0.4, 0.5) is 31.8 Å². The normalized spacial score (nSPS) is 14.5. The molecule has 168 valence electrons. The van der Waals surface area contributed by atoms with E-state index in [-0.39, 0.29) is 23.1 Å². The Balaban J connectivity index is 1.58. The van der Waals surface area contributed by atoms with Crippen LogP contribution < -0.4 is 15.5 Å². The van der Waals surface area contributed by atoms with Gasteiger partial charge in [-0.2, -0.15) is 4.39 Å². The zero-order valence-electron chi connectivity index (χ0n) is 17.3. The molecule has 4 heterocycles. The first-order chi connectivity index (χ1) is 16.0. The Bertz CT molecular complexity index is 1320. The molecule has 0 fully saturated rings. The Morgan fingerprint density at radius 3 is 2.91 bits per heavy atom. The number of hydrogen-bond donors (Lipinski definition) is 2. The third-order valence-corrected chi connectivity index (χ3v) is 5.44. The van der Waals surface area contributed by atoms with Crippen LogP contribution in [0.1, 0.15) is 24.1 Å². The molecule has 0 amide bonds. The Morgan fingerprint density at radius 1 is 1.27 bits per heavy atom. The summed E-state index contributed by atoms with van der Waals surface area (Å²) < 4.78 is 34.0. The Kier molecular flexibility index (Phi) is 4.96. The van der Waals surface area contributed by atoms with E-state index in [2.05, 4.69) is 25.7 Å². The van der Waals surface area contributed by atoms with Gasteiger partial charge in [-0.25, -0.2) is 14.4 Å². The number of rotatable bonds is 5. The lowest BCUT2D eigenvalue weighted by Crippen LogP contribution is -2.28. The summed E-state index contributed by atoms with van der Waals surface area (Å²) in [5.74, 6) is -1.65. The highest BCUT2D eigenvalue weighted by atomic mass is 19.1. The van der Waals surface area contributed by atoms with Crippen LogP contribution in [0, 0.1) is 21.7 Å². The van der Waals surface area contributed by atoms with Crippen molar-refractivity contribution in [2.75, 3.05) is 24.4 Å². The molecule has 0 saturated heterocycles. The summed E-state index contributed by atoms with van der Waals surface area (Å²) in [7, 11) is 1.30. The number of nitrogens with one attached hydrogen (secondary N) is 2. The molecule has 2 aliphatic heterocycles. The summed E-state index contributed by atoms with van der Waals surface area (Å²) in [4.78, 5) is 22.7. The van der Waals surface area contributed by atoms with E-state index in [1.165, 1.54) is 7.11 Å². The average Bonchev–Trinajstić information content (AvgIpc) is 3.20. The smallest absolute Gasteiger partial charge is 0.307 e. The van der Waals surface area contributed by atoms with Crippen molar-refractivity contribution < 1.29 is 18.4 Å². The fourth-order valence-electron chi connectivity index (χ4n) is 4.00. The number of hydrazine groups is 1. The lowest BCUT2D eigenvalue weighted by molar-refractivity contribution is -0.387. The molecule has 2 aromatic heterocycles. The molecule has 1 aromatic carbocycles. The number of halogens is 2. The van der Waals surface area contributed by atoms with Crippen molar-refractivity contribution in [3.8, 4) is 5.75 Å². The van der Waals surface area contributed by atoms with Crippen molar-refractivity contribution in [2.24, 2.45) is 0 Å². The van der Waals surface area contributed by atoms with Crippen molar-refractivity contribution in [1.29, 1.82) is 0 Å². The van der Waals surface area contributed by atoms with Crippen molar-refractivity contribution in [3.05, 3.63) is 69.8 Å². The number of nitro benzene ring substituents is 1. The molecule has 0 spiro atoms. The first-order valence-electron chi connectivity index (χ1n) is 10.00. The molecule has 33 heavy (non-hydrogen) atoms. The maximum Gasteiger partial charge on any atom is 0.307 e. The molecule has 2 aliphatic rings. The van der Waals surface area contributed by atoms with Crippen LogP contribution >= 0.6 is 0 Å². The molecule has 0 atom stereocenters. The number of benzene rings is 1. The molecule has 0 radical (unpaired) electrons. The zero-order valence-corrected chi connectivity index (χ0v) is 17.3. The summed E-state index contributed by atoms with van der Waals surface area (Å²) in [6.07, 6.45) is 5.76. The zero-order chi connectivity index (χ0) is 23.1. The second-order valence-corrected chi connectivity index (χ2v) is 7.39. The van der Waals surface area contributed by atoms with Gasteiger partial charge in [-0.1, -0.05) is 0 Å². The van der Waals surface area contributed by atoms with Gasteiger partial charge < -0.3 is 10.1 Å². The fourth-order valence-corrected chi connectivity index (χ4v) is 4.00. The van der Waals surface area contributed by atoms with E-state index >= 15 is 0 Å². The minimum atomic E-state index is -1.04. The SMILES string of the molecule is COc1cc(F)c([N+](=O)[O-])cc1Nc1ncc(F)c(C2=C3c4ccncc4NN3CCC2)n1. The van der Waals surface area contributed by atoms with Gasteiger partial charge in [0.2, 0.25) is 11.8 Å². The highest BCUT2D eigenvalue weighted by molar-refractivity contribution is 5.96. The van der Waals surface area contributed by atoms with E-state index in [9.17, 15) is 18.9 Å². The summed E-state index contributed by atoms with van der Waals surface area (Å²) in [5, 5.41) is 15.9. The molecule has 0 saturated carbocycles. The monoisotopic (exact) mass is 453 g/mol. The maximum atomic E-state index is 14.9. The standard InChI is InChI=1S/C21H17F2N7O3/c1-33-18-7-13(22)17(30(31)32)8-15(18)26-21-25-9-14(23)19(27-21)12-3-2-6-29-20(12)11-4-5-24-10-16(11)28-29/h4-5,7-10,28H,2-3,6H2,1H3,(H,25,26,27). The minimum Gasteiger partial charge on any atom is -0.494 e. The van der Waals surface area contributed by atoms with E-state index in [0.29, 0.717) is 12.0 Å². The second-order valence-electron chi connectivity index (χ2n) is 7.39. The highest BCUT2D eigenvalue weighted by Crippen LogP contribution is 2.43. The van der Waals surface area contributed by atoms with E-state index in [4.69, 9.17) is 4.74 Å². The van der Waals surface area contributed by atoms with Crippen LogP contribution in [-0.4, -0.2) is 38.5 Å². The number of nitrogens with zero attached hydrogens (tertiary/aromatic N) is 5. The maximum absolute atomic E-state index is 14.9. The Morgan fingerprint density at radius 2 is 2.12 bits per heavy atom. The molecule has 0 bridgehead atoms. The van der Waals surface area contributed by atoms with Crippen molar-refractivity contribution in [3.63, 3.8) is 0 Å². The van der Waals surface area contributed by atoms with Crippen LogP contribution in [0.25, 0.3) is 11.3 Å². The van der Waals surface area contributed by atoms with E-state index in [1.54, 1.807) is 12.4 Å². The van der Waals surface area contributed by atoms with Crippen LogP contribution in [0.15, 0.2) is 36.8 Å².